The van der Waals surface area contributed by atoms with Crippen molar-refractivity contribution < 1.29 is 0 Å². The quantitative estimate of drug-likeness (QED) is 0.379. The molecule has 0 aliphatic heterocycles. The highest BCUT2D eigenvalue weighted by Crippen LogP contribution is 1.99. The fraction of sp³-hybridized carbons (Fsp3) is 0. The van der Waals surface area contributed by atoms with Gasteiger partial charge in [-0.1, -0.05) is 33.4 Å². The molecule has 0 atom stereocenters. The van der Waals surface area contributed by atoms with E-state index in [4.69, 9.17) is 0 Å². The highest BCUT2D eigenvalue weighted by atomic mass is 14.1. The van der Waals surface area contributed by atoms with Crippen molar-refractivity contribution in [2.45, 2.75) is 0 Å². The highest BCUT2D eigenvalue weighted by molar-refractivity contribution is 6.71. The monoisotopic (exact) mass is 212 g/mol. The first-order valence-corrected chi connectivity index (χ1v) is 6.33. The maximum atomic E-state index is 2.32. The van der Waals surface area contributed by atoms with Gasteiger partial charge in [0.15, 0.2) is 0 Å². The lowest BCUT2D eigenvalue weighted by Gasteiger charge is -2.20. The van der Waals surface area contributed by atoms with E-state index in [0.29, 0.717) is 0 Å². The summed E-state index contributed by atoms with van der Waals surface area (Å²) in [6.45, 7) is 0. The molecule has 0 N–H and O–H groups in total. The molecule has 0 bridgehead atoms. The van der Waals surface area contributed by atoms with Gasteiger partial charge in [-0.25, -0.2) is 0 Å². The normalized spacial score (nSPS) is 10.8. The van der Waals surface area contributed by atoms with Crippen molar-refractivity contribution in [1.82, 2.24) is 0 Å². The molecule has 17 heavy (non-hydrogen) atoms. The SMILES string of the molecule is Bc1cc(B)c2c(B)c(B)c(B)c(B)c2c1B. The lowest BCUT2D eigenvalue weighted by molar-refractivity contribution is 2.03. The average Bonchev–Trinajstić information content (AvgIpc) is 2.28. The molecule has 0 spiro atoms. The summed E-state index contributed by atoms with van der Waals surface area (Å²) in [6, 6.07) is 2.32. The Bertz CT molecular complexity index is 633. The Morgan fingerprint density at radius 3 is 1.47 bits per heavy atom. The topological polar surface area (TPSA) is 0 Å². The maximum absolute atomic E-state index is 2.32. The Labute approximate surface area is 110 Å². The second-order valence-electron chi connectivity index (χ2n) is 5.39. The zero-order valence-corrected chi connectivity index (χ0v) is 12.1. The van der Waals surface area contributed by atoms with Gasteiger partial charge in [0.1, 0.15) is 54.9 Å². The van der Waals surface area contributed by atoms with Crippen LogP contribution in [0.4, 0.5) is 0 Å². The Morgan fingerprint density at radius 2 is 0.941 bits per heavy atom. The van der Waals surface area contributed by atoms with Crippen molar-refractivity contribution in [2.75, 3.05) is 0 Å². The highest BCUT2D eigenvalue weighted by Gasteiger charge is 2.12. The largest absolute Gasteiger partial charge is 0.140 e. The van der Waals surface area contributed by atoms with Crippen molar-refractivity contribution in [1.29, 1.82) is 0 Å². The molecule has 76 valence electrons. The summed E-state index contributed by atoms with van der Waals surface area (Å²) in [7, 11) is 15.7. The molecule has 2 aromatic rings. The van der Waals surface area contributed by atoms with Gasteiger partial charge >= 0.3 is 0 Å². The number of benzene rings is 2. The maximum Gasteiger partial charge on any atom is 0.140 e. The third kappa shape index (κ3) is 1.71. The Kier molecular flexibility index (Phi) is 3.05. The van der Waals surface area contributed by atoms with Crippen molar-refractivity contribution >= 4 is 104 Å². The summed E-state index contributed by atoms with van der Waals surface area (Å²) >= 11 is 0. The molecule has 0 unspecified atom stereocenters. The minimum atomic E-state index is 1.40. The van der Waals surface area contributed by atoms with Crippen molar-refractivity contribution in [3.05, 3.63) is 6.07 Å². The van der Waals surface area contributed by atoms with E-state index in [-0.39, 0.29) is 0 Å². The molecule has 0 radical (unpaired) electrons. The van der Waals surface area contributed by atoms with Crippen LogP contribution in [0.15, 0.2) is 6.07 Å². The van der Waals surface area contributed by atoms with Crippen LogP contribution in [-0.2, 0) is 0 Å². The van der Waals surface area contributed by atoms with E-state index in [1.54, 1.807) is 0 Å². The Hall–Kier alpha value is -0.845. The number of hydrogen-bond donors (Lipinski definition) is 0. The van der Waals surface area contributed by atoms with Crippen LogP contribution in [0.25, 0.3) is 10.8 Å². The van der Waals surface area contributed by atoms with Crippen LogP contribution < -0.4 is 38.2 Å². The third-order valence-electron chi connectivity index (χ3n) is 4.48. The van der Waals surface area contributed by atoms with Crippen molar-refractivity contribution in [3.63, 3.8) is 0 Å². The van der Waals surface area contributed by atoms with Crippen LogP contribution in [-0.4, -0.2) is 54.9 Å². The summed E-state index contributed by atoms with van der Waals surface area (Å²) in [4.78, 5) is 0. The third-order valence-corrected chi connectivity index (χ3v) is 4.48. The van der Waals surface area contributed by atoms with Crippen molar-refractivity contribution in [2.24, 2.45) is 0 Å². The molecule has 0 amide bonds. The summed E-state index contributed by atoms with van der Waals surface area (Å²) in [5.74, 6) is 0. The van der Waals surface area contributed by atoms with Crippen LogP contribution in [0.3, 0.4) is 0 Å². The minimum absolute atomic E-state index is 1.40. The Balaban J connectivity index is 3.17. The molecule has 7 heteroatoms. The van der Waals surface area contributed by atoms with Crippen LogP contribution in [0.1, 0.15) is 0 Å². The molecule has 0 heterocycles. The van der Waals surface area contributed by atoms with Gasteiger partial charge in [-0.2, -0.15) is 0 Å². The standard InChI is InChI=1S/C10H15B7/c11-2-1-3(12)6(13)5-4(2)7(14)9(16)10(17)8(5)15/h1H,11-17H2. The van der Waals surface area contributed by atoms with E-state index in [1.807, 2.05) is 0 Å². The molecule has 0 saturated heterocycles. The van der Waals surface area contributed by atoms with Gasteiger partial charge in [-0.15, -0.1) is 10.9 Å². The predicted octanol–water partition coefficient (Wildman–Crippen LogP) is -9.35. The van der Waals surface area contributed by atoms with Crippen LogP contribution in [0, 0.1) is 0 Å². The molecule has 0 aliphatic rings. The second kappa shape index (κ2) is 4.12. The summed E-state index contributed by atoms with van der Waals surface area (Å²) in [5.41, 5.74) is 10.0. The Morgan fingerprint density at radius 1 is 0.471 bits per heavy atom. The van der Waals surface area contributed by atoms with Gasteiger partial charge in [0.25, 0.3) is 0 Å². The van der Waals surface area contributed by atoms with E-state index >= 15 is 0 Å². The number of hydrogen-bond acceptors (Lipinski definition) is 0. The summed E-state index contributed by atoms with van der Waals surface area (Å²) in [6.07, 6.45) is 0. The molecule has 0 fully saturated rings. The van der Waals surface area contributed by atoms with Gasteiger partial charge < -0.3 is 0 Å². The molecular formula is C10H15B7. The fourth-order valence-corrected chi connectivity index (χ4v) is 2.98. The molecule has 0 aromatic heterocycles. The van der Waals surface area contributed by atoms with Crippen LogP contribution in [0.5, 0.6) is 0 Å². The van der Waals surface area contributed by atoms with Gasteiger partial charge in [0, 0.05) is 0 Å². The van der Waals surface area contributed by atoms with E-state index < -0.39 is 0 Å². The molecule has 2 rings (SSSR count). The lowest BCUT2D eigenvalue weighted by atomic mass is 9.60. The zero-order chi connectivity index (χ0) is 12.9. The smallest absolute Gasteiger partial charge is 0.101 e. The first kappa shape index (κ1) is 12.6. The first-order valence-electron chi connectivity index (χ1n) is 6.33. The van der Waals surface area contributed by atoms with Gasteiger partial charge in [-0.05, 0) is 10.8 Å². The minimum Gasteiger partial charge on any atom is -0.101 e. The van der Waals surface area contributed by atoms with E-state index in [1.165, 1.54) is 49.0 Å². The van der Waals surface area contributed by atoms with E-state index in [2.05, 4.69) is 61.0 Å². The van der Waals surface area contributed by atoms with Gasteiger partial charge in [0.2, 0.25) is 0 Å². The zero-order valence-electron chi connectivity index (χ0n) is 12.1. The van der Waals surface area contributed by atoms with Gasteiger partial charge in [-0.3, -0.25) is 0 Å². The number of fused-ring (bicyclic) bond motifs is 1. The molecular weight excluding hydrogens is 196 g/mol. The summed E-state index contributed by atoms with van der Waals surface area (Å²) in [5, 5.41) is 2.94. The van der Waals surface area contributed by atoms with Gasteiger partial charge in [0.05, 0.1) is 0 Å². The van der Waals surface area contributed by atoms with E-state index in [0.717, 1.165) is 0 Å². The molecule has 0 nitrogen and oxygen atoms in total. The molecule has 2 aromatic carbocycles. The summed E-state index contributed by atoms with van der Waals surface area (Å²) < 4.78 is 0. The first-order chi connectivity index (χ1) is 7.86. The fourth-order valence-electron chi connectivity index (χ4n) is 2.98. The molecule has 0 saturated carbocycles. The van der Waals surface area contributed by atoms with Crippen LogP contribution >= 0.6 is 0 Å². The average molecular weight is 211 g/mol. The van der Waals surface area contributed by atoms with Crippen LogP contribution in [0.2, 0.25) is 0 Å². The predicted molar refractivity (Wildman–Crippen MR) is 101 cm³/mol. The second-order valence-corrected chi connectivity index (χ2v) is 5.39. The van der Waals surface area contributed by atoms with E-state index in [9.17, 15) is 0 Å². The number of rotatable bonds is 0. The van der Waals surface area contributed by atoms with Crippen molar-refractivity contribution in [3.8, 4) is 0 Å². The molecule has 0 aliphatic carbocycles. The lowest BCUT2D eigenvalue weighted by Crippen LogP contribution is -2.51.